The van der Waals surface area contributed by atoms with Gasteiger partial charge in [0.15, 0.2) is 0 Å². The van der Waals surface area contributed by atoms with Gasteiger partial charge in [-0.2, -0.15) is 0 Å². The average molecular weight is 368 g/mol. The van der Waals surface area contributed by atoms with Crippen LogP contribution in [-0.4, -0.2) is 13.2 Å². The molecule has 1 atom stereocenters. The van der Waals surface area contributed by atoms with Crippen LogP contribution in [0.3, 0.4) is 0 Å². The Balaban J connectivity index is 1.88. The van der Waals surface area contributed by atoms with Crippen LogP contribution in [0.5, 0.6) is 11.5 Å². The molecule has 0 N–H and O–H groups in total. The molecule has 0 spiro atoms. The summed E-state index contributed by atoms with van der Waals surface area (Å²) < 4.78 is 12.0. The van der Waals surface area contributed by atoms with E-state index in [1.54, 1.807) is 0 Å². The summed E-state index contributed by atoms with van der Waals surface area (Å²) in [7, 11) is 0. The van der Waals surface area contributed by atoms with E-state index in [2.05, 4.69) is 22.0 Å². The number of fused-ring (bicyclic) bond motifs is 1. The minimum absolute atomic E-state index is 0.178. The first kappa shape index (κ1) is 14.7. The molecule has 4 heteroatoms. The lowest BCUT2D eigenvalue weighted by Gasteiger charge is -2.14. The SMILES string of the molecule is CCOc1ccc(C(Cl)c2ccc3c(c2)CCO3)cc1Br. The van der Waals surface area contributed by atoms with Crippen LogP contribution in [0, 0.1) is 0 Å². The van der Waals surface area contributed by atoms with Crippen molar-refractivity contribution in [3.05, 3.63) is 57.6 Å². The van der Waals surface area contributed by atoms with Gasteiger partial charge >= 0.3 is 0 Å². The van der Waals surface area contributed by atoms with Crippen LogP contribution >= 0.6 is 27.5 Å². The van der Waals surface area contributed by atoms with Crippen molar-refractivity contribution in [1.82, 2.24) is 0 Å². The molecule has 0 amide bonds. The zero-order valence-corrected chi connectivity index (χ0v) is 14.1. The van der Waals surface area contributed by atoms with Gasteiger partial charge in [0.05, 0.1) is 23.1 Å². The number of benzene rings is 2. The number of hydrogen-bond acceptors (Lipinski definition) is 2. The van der Waals surface area contributed by atoms with E-state index in [1.165, 1.54) is 5.56 Å². The third-order valence-electron chi connectivity index (χ3n) is 3.55. The predicted molar refractivity (Wildman–Crippen MR) is 88.6 cm³/mol. The monoisotopic (exact) mass is 366 g/mol. The summed E-state index contributed by atoms with van der Waals surface area (Å²) in [6.07, 6.45) is 0.958. The van der Waals surface area contributed by atoms with Gasteiger partial charge in [0.1, 0.15) is 11.5 Å². The van der Waals surface area contributed by atoms with Crippen molar-refractivity contribution in [1.29, 1.82) is 0 Å². The Hall–Kier alpha value is -1.19. The fraction of sp³-hybridized carbons (Fsp3) is 0.294. The molecule has 0 saturated heterocycles. The highest BCUT2D eigenvalue weighted by Gasteiger charge is 2.17. The van der Waals surface area contributed by atoms with E-state index in [4.69, 9.17) is 21.1 Å². The van der Waals surface area contributed by atoms with Crippen LogP contribution in [0.15, 0.2) is 40.9 Å². The summed E-state index contributed by atoms with van der Waals surface area (Å²) in [6.45, 7) is 3.38. The minimum Gasteiger partial charge on any atom is -0.493 e. The molecule has 1 heterocycles. The lowest BCUT2D eigenvalue weighted by Crippen LogP contribution is -1.97. The Morgan fingerprint density at radius 1 is 1.24 bits per heavy atom. The van der Waals surface area contributed by atoms with E-state index in [1.807, 2.05) is 37.3 Å². The number of hydrogen-bond donors (Lipinski definition) is 0. The maximum atomic E-state index is 6.63. The van der Waals surface area contributed by atoms with Crippen molar-refractivity contribution in [3.63, 3.8) is 0 Å². The highest BCUT2D eigenvalue weighted by atomic mass is 79.9. The lowest BCUT2D eigenvalue weighted by molar-refractivity contribution is 0.338. The van der Waals surface area contributed by atoms with Gasteiger partial charge in [0.2, 0.25) is 0 Å². The molecular formula is C17H16BrClO2. The van der Waals surface area contributed by atoms with Crippen LogP contribution < -0.4 is 9.47 Å². The van der Waals surface area contributed by atoms with Crippen molar-refractivity contribution in [3.8, 4) is 11.5 Å². The maximum absolute atomic E-state index is 6.63. The van der Waals surface area contributed by atoms with Gasteiger partial charge in [-0.15, -0.1) is 11.6 Å². The van der Waals surface area contributed by atoms with Gasteiger partial charge in [-0.1, -0.05) is 18.2 Å². The summed E-state index contributed by atoms with van der Waals surface area (Å²) in [4.78, 5) is 0. The van der Waals surface area contributed by atoms with E-state index in [-0.39, 0.29) is 5.38 Å². The fourth-order valence-corrected chi connectivity index (χ4v) is 3.29. The van der Waals surface area contributed by atoms with E-state index < -0.39 is 0 Å². The molecule has 0 saturated carbocycles. The Kier molecular flexibility index (Phi) is 4.41. The molecule has 3 rings (SSSR count). The second-order valence-corrected chi connectivity index (χ2v) is 6.24. The van der Waals surface area contributed by atoms with Crippen molar-refractivity contribution in [2.45, 2.75) is 18.7 Å². The highest BCUT2D eigenvalue weighted by molar-refractivity contribution is 9.10. The van der Waals surface area contributed by atoms with Gasteiger partial charge in [-0.3, -0.25) is 0 Å². The van der Waals surface area contributed by atoms with Crippen LogP contribution in [0.4, 0.5) is 0 Å². The quantitative estimate of drug-likeness (QED) is 0.699. The summed E-state index contributed by atoms with van der Waals surface area (Å²) in [5.74, 6) is 1.82. The first-order chi connectivity index (χ1) is 10.2. The van der Waals surface area contributed by atoms with E-state index in [0.29, 0.717) is 6.61 Å². The number of halogens is 2. The predicted octanol–water partition coefficient (Wildman–Crippen LogP) is 5.11. The molecule has 21 heavy (non-hydrogen) atoms. The Morgan fingerprint density at radius 3 is 2.76 bits per heavy atom. The first-order valence-electron chi connectivity index (χ1n) is 7.01. The fourth-order valence-electron chi connectivity index (χ4n) is 2.50. The highest BCUT2D eigenvalue weighted by Crippen LogP contribution is 2.36. The standard InChI is InChI=1S/C17H16BrClO2/c1-2-20-16-6-4-13(10-14(16)18)17(19)12-3-5-15-11(9-12)7-8-21-15/h3-6,9-10,17H,2,7-8H2,1H3. The maximum Gasteiger partial charge on any atom is 0.133 e. The second-order valence-electron chi connectivity index (χ2n) is 4.95. The molecule has 1 unspecified atom stereocenters. The molecule has 0 aliphatic carbocycles. The average Bonchev–Trinajstić information content (AvgIpc) is 2.96. The molecular weight excluding hydrogens is 352 g/mol. The molecule has 2 aromatic carbocycles. The summed E-state index contributed by atoms with van der Waals surface area (Å²) in [6, 6.07) is 12.2. The van der Waals surface area contributed by atoms with Crippen LogP contribution in [0.1, 0.15) is 29.0 Å². The zero-order valence-electron chi connectivity index (χ0n) is 11.7. The van der Waals surface area contributed by atoms with Gasteiger partial charge in [0.25, 0.3) is 0 Å². The number of rotatable bonds is 4. The van der Waals surface area contributed by atoms with Crippen LogP contribution in [0.2, 0.25) is 0 Å². The smallest absolute Gasteiger partial charge is 0.133 e. The topological polar surface area (TPSA) is 18.5 Å². The minimum atomic E-state index is -0.178. The van der Waals surface area contributed by atoms with Crippen LogP contribution in [0.25, 0.3) is 0 Å². The molecule has 2 nitrogen and oxygen atoms in total. The van der Waals surface area contributed by atoms with Gasteiger partial charge in [-0.25, -0.2) is 0 Å². The molecule has 110 valence electrons. The number of alkyl halides is 1. The third kappa shape index (κ3) is 3.04. The second kappa shape index (κ2) is 6.29. The Labute approximate surface area is 138 Å². The molecule has 0 fully saturated rings. The van der Waals surface area contributed by atoms with Gasteiger partial charge in [-0.05, 0) is 57.7 Å². The van der Waals surface area contributed by atoms with Crippen molar-refractivity contribution >= 4 is 27.5 Å². The molecule has 0 radical (unpaired) electrons. The molecule has 0 aromatic heterocycles. The summed E-state index contributed by atoms with van der Waals surface area (Å²) >= 11 is 10.2. The Morgan fingerprint density at radius 2 is 2.00 bits per heavy atom. The van der Waals surface area contributed by atoms with E-state index >= 15 is 0 Å². The van der Waals surface area contributed by atoms with Gasteiger partial charge in [0, 0.05) is 6.42 Å². The van der Waals surface area contributed by atoms with Gasteiger partial charge < -0.3 is 9.47 Å². The Bertz CT molecular complexity index is 657. The zero-order chi connectivity index (χ0) is 14.8. The molecule has 2 aromatic rings. The summed E-state index contributed by atoms with van der Waals surface area (Å²) in [5.41, 5.74) is 3.38. The number of ether oxygens (including phenoxy) is 2. The molecule has 0 bridgehead atoms. The first-order valence-corrected chi connectivity index (χ1v) is 8.24. The van der Waals surface area contributed by atoms with Crippen LogP contribution in [-0.2, 0) is 6.42 Å². The largest absolute Gasteiger partial charge is 0.493 e. The van der Waals surface area contributed by atoms with Crippen molar-refractivity contribution in [2.75, 3.05) is 13.2 Å². The molecule has 1 aliphatic rings. The normalized spacial score (nSPS) is 14.4. The van der Waals surface area contributed by atoms with Crippen molar-refractivity contribution in [2.24, 2.45) is 0 Å². The van der Waals surface area contributed by atoms with E-state index in [0.717, 1.165) is 40.1 Å². The van der Waals surface area contributed by atoms with E-state index in [9.17, 15) is 0 Å². The lowest BCUT2D eigenvalue weighted by atomic mass is 10.0. The van der Waals surface area contributed by atoms with Crippen molar-refractivity contribution < 1.29 is 9.47 Å². The molecule has 1 aliphatic heterocycles. The summed E-state index contributed by atoms with van der Waals surface area (Å²) in [5, 5.41) is -0.178. The third-order valence-corrected chi connectivity index (χ3v) is 4.68.